The second kappa shape index (κ2) is 9.45. The Balaban J connectivity index is 1.54. The van der Waals surface area contributed by atoms with E-state index in [1.807, 2.05) is 0 Å². The van der Waals surface area contributed by atoms with Gasteiger partial charge in [0.05, 0.1) is 10.7 Å². The maximum absolute atomic E-state index is 12.2. The number of anilines is 2. The van der Waals surface area contributed by atoms with Crippen LogP contribution in [0, 0.1) is 10.1 Å². The van der Waals surface area contributed by atoms with E-state index in [-0.39, 0.29) is 28.0 Å². The van der Waals surface area contributed by atoms with Gasteiger partial charge < -0.3 is 5.32 Å². The van der Waals surface area contributed by atoms with Gasteiger partial charge in [0.1, 0.15) is 0 Å². The summed E-state index contributed by atoms with van der Waals surface area (Å²) in [5.74, 6) is -0.685. The number of carbonyl (C=O) groups excluding carboxylic acids is 2. The monoisotopic (exact) mass is 449 g/mol. The standard InChI is InChI=1S/C17H12ClN5O4S2/c18-11-4-2-5-12(8-11)19-14(24)9-28-17-22-21-16(29-17)20-15(25)10-3-1-6-13(7-10)23(26)27/h1-8H,9H2,(H,19,24)(H,20,21,25). The molecule has 0 radical (unpaired) electrons. The quantitative estimate of drug-likeness (QED) is 0.240. The number of hydrogen-bond donors (Lipinski definition) is 2. The van der Waals surface area contributed by atoms with E-state index in [0.717, 1.165) is 23.1 Å². The molecule has 3 rings (SSSR count). The molecule has 148 valence electrons. The van der Waals surface area contributed by atoms with Crippen molar-refractivity contribution in [2.24, 2.45) is 0 Å². The van der Waals surface area contributed by atoms with Gasteiger partial charge in [-0.1, -0.05) is 46.8 Å². The molecular formula is C17H12ClN5O4S2. The molecule has 0 aliphatic rings. The first-order valence-corrected chi connectivity index (χ1v) is 10.2. The molecule has 1 aromatic heterocycles. The van der Waals surface area contributed by atoms with Gasteiger partial charge in [0.2, 0.25) is 11.0 Å². The third-order valence-electron chi connectivity index (χ3n) is 3.38. The zero-order chi connectivity index (χ0) is 20.8. The minimum atomic E-state index is -0.578. The Bertz CT molecular complexity index is 1080. The number of benzene rings is 2. The Morgan fingerprint density at radius 1 is 1.14 bits per heavy atom. The lowest BCUT2D eigenvalue weighted by atomic mass is 10.2. The molecule has 0 saturated heterocycles. The molecule has 0 atom stereocenters. The van der Waals surface area contributed by atoms with Crippen molar-refractivity contribution < 1.29 is 14.5 Å². The smallest absolute Gasteiger partial charge is 0.270 e. The Kier molecular flexibility index (Phi) is 6.75. The molecule has 0 bridgehead atoms. The summed E-state index contributed by atoms with van der Waals surface area (Å²) in [6.07, 6.45) is 0. The average molecular weight is 450 g/mol. The minimum Gasteiger partial charge on any atom is -0.325 e. The second-order valence-electron chi connectivity index (χ2n) is 5.48. The summed E-state index contributed by atoms with van der Waals surface area (Å²) in [5, 5.41) is 24.6. The largest absolute Gasteiger partial charge is 0.325 e. The zero-order valence-electron chi connectivity index (χ0n) is 14.5. The van der Waals surface area contributed by atoms with Gasteiger partial charge in [-0.25, -0.2) is 0 Å². The van der Waals surface area contributed by atoms with Gasteiger partial charge in [-0.15, -0.1) is 10.2 Å². The summed E-state index contributed by atoms with van der Waals surface area (Å²) in [6, 6.07) is 12.1. The van der Waals surface area contributed by atoms with E-state index in [2.05, 4.69) is 20.8 Å². The van der Waals surface area contributed by atoms with Crippen molar-refractivity contribution in [3.63, 3.8) is 0 Å². The normalized spacial score (nSPS) is 10.4. The SMILES string of the molecule is O=C(CSc1nnc(NC(=O)c2cccc([N+](=O)[O-])c2)s1)Nc1cccc(Cl)c1. The topological polar surface area (TPSA) is 127 Å². The molecule has 0 spiro atoms. The predicted molar refractivity (Wildman–Crippen MR) is 112 cm³/mol. The van der Waals surface area contributed by atoms with Crippen molar-refractivity contribution in [2.75, 3.05) is 16.4 Å². The number of thioether (sulfide) groups is 1. The van der Waals surface area contributed by atoms with Crippen molar-refractivity contribution in [1.82, 2.24) is 10.2 Å². The van der Waals surface area contributed by atoms with E-state index < -0.39 is 10.8 Å². The number of aromatic nitrogens is 2. The number of nitro benzene ring substituents is 1. The lowest BCUT2D eigenvalue weighted by Gasteiger charge is -2.04. The highest BCUT2D eigenvalue weighted by Gasteiger charge is 2.14. The maximum atomic E-state index is 12.2. The fraction of sp³-hybridized carbons (Fsp3) is 0.0588. The van der Waals surface area contributed by atoms with Crippen LogP contribution in [0.3, 0.4) is 0 Å². The van der Waals surface area contributed by atoms with E-state index in [9.17, 15) is 19.7 Å². The summed E-state index contributed by atoms with van der Waals surface area (Å²) < 4.78 is 0.487. The number of carbonyl (C=O) groups is 2. The summed E-state index contributed by atoms with van der Waals surface area (Å²) in [7, 11) is 0. The molecule has 2 aromatic carbocycles. The van der Waals surface area contributed by atoms with Crippen LogP contribution in [0.25, 0.3) is 0 Å². The molecule has 0 fully saturated rings. The van der Waals surface area contributed by atoms with Crippen LogP contribution in [-0.2, 0) is 4.79 Å². The van der Waals surface area contributed by atoms with E-state index in [1.165, 1.54) is 24.3 Å². The fourth-order valence-corrected chi connectivity index (χ4v) is 3.88. The summed E-state index contributed by atoms with van der Waals surface area (Å²) in [4.78, 5) is 34.5. The minimum absolute atomic E-state index is 0.0972. The molecule has 1 heterocycles. The molecule has 9 nitrogen and oxygen atoms in total. The first-order valence-electron chi connectivity index (χ1n) is 7.98. The van der Waals surface area contributed by atoms with Crippen LogP contribution in [0.5, 0.6) is 0 Å². The summed E-state index contributed by atoms with van der Waals surface area (Å²) in [5.41, 5.74) is 0.534. The van der Waals surface area contributed by atoms with Crippen molar-refractivity contribution in [3.05, 3.63) is 69.2 Å². The van der Waals surface area contributed by atoms with Gasteiger partial charge in [-0.05, 0) is 24.3 Å². The van der Waals surface area contributed by atoms with Crippen LogP contribution in [0.1, 0.15) is 10.4 Å². The van der Waals surface area contributed by atoms with Crippen LogP contribution >= 0.6 is 34.7 Å². The average Bonchev–Trinajstić information content (AvgIpc) is 3.14. The van der Waals surface area contributed by atoms with E-state index in [4.69, 9.17) is 11.6 Å². The number of nitrogens with zero attached hydrogens (tertiary/aromatic N) is 3. The molecule has 29 heavy (non-hydrogen) atoms. The van der Waals surface area contributed by atoms with Gasteiger partial charge in [-0.2, -0.15) is 0 Å². The summed E-state index contributed by atoms with van der Waals surface area (Å²) >= 11 is 8.13. The molecule has 0 aliphatic heterocycles. The molecule has 3 aromatic rings. The number of nitro groups is 1. The van der Waals surface area contributed by atoms with Gasteiger partial charge >= 0.3 is 0 Å². The molecule has 2 N–H and O–H groups in total. The Labute approximate surface area is 177 Å². The molecule has 2 amide bonds. The second-order valence-corrected chi connectivity index (χ2v) is 8.12. The Hall–Kier alpha value is -3.02. The zero-order valence-corrected chi connectivity index (χ0v) is 16.9. The maximum Gasteiger partial charge on any atom is 0.270 e. The van der Waals surface area contributed by atoms with Gasteiger partial charge in [-0.3, -0.25) is 25.0 Å². The molecule has 0 aliphatic carbocycles. The molecule has 12 heteroatoms. The number of hydrogen-bond acceptors (Lipinski definition) is 8. The van der Waals surface area contributed by atoms with Crippen LogP contribution < -0.4 is 10.6 Å². The highest BCUT2D eigenvalue weighted by molar-refractivity contribution is 8.01. The number of nitrogens with one attached hydrogen (secondary N) is 2. The Morgan fingerprint density at radius 2 is 1.93 bits per heavy atom. The third-order valence-corrected chi connectivity index (χ3v) is 5.59. The van der Waals surface area contributed by atoms with Crippen molar-refractivity contribution in [3.8, 4) is 0 Å². The van der Waals surface area contributed by atoms with E-state index in [0.29, 0.717) is 15.0 Å². The number of rotatable bonds is 7. The van der Waals surface area contributed by atoms with E-state index in [1.54, 1.807) is 24.3 Å². The van der Waals surface area contributed by atoms with Crippen molar-refractivity contribution >= 4 is 63.0 Å². The molecule has 0 saturated carbocycles. The molecular weight excluding hydrogens is 438 g/mol. The van der Waals surface area contributed by atoms with E-state index >= 15 is 0 Å². The number of halogens is 1. The van der Waals surface area contributed by atoms with Crippen LogP contribution in [0.2, 0.25) is 5.02 Å². The lowest BCUT2D eigenvalue weighted by Crippen LogP contribution is -2.13. The lowest BCUT2D eigenvalue weighted by molar-refractivity contribution is -0.384. The highest BCUT2D eigenvalue weighted by atomic mass is 35.5. The first kappa shape index (κ1) is 20.7. The van der Waals surface area contributed by atoms with Crippen molar-refractivity contribution in [1.29, 1.82) is 0 Å². The van der Waals surface area contributed by atoms with Gasteiger partial charge in [0.15, 0.2) is 4.34 Å². The summed E-state index contributed by atoms with van der Waals surface area (Å²) in [6.45, 7) is 0. The van der Waals surface area contributed by atoms with Gasteiger partial charge in [0.25, 0.3) is 11.6 Å². The van der Waals surface area contributed by atoms with Crippen LogP contribution in [-0.4, -0.2) is 32.7 Å². The number of non-ortho nitro benzene ring substituents is 1. The fourth-order valence-electron chi connectivity index (χ4n) is 2.14. The Morgan fingerprint density at radius 3 is 2.69 bits per heavy atom. The molecule has 0 unspecified atom stereocenters. The highest BCUT2D eigenvalue weighted by Crippen LogP contribution is 2.26. The number of amides is 2. The predicted octanol–water partition coefficient (Wildman–Crippen LogP) is 4.08. The first-order chi connectivity index (χ1) is 13.9. The third kappa shape index (κ3) is 5.98. The van der Waals surface area contributed by atoms with Crippen molar-refractivity contribution in [2.45, 2.75) is 4.34 Å². The van der Waals surface area contributed by atoms with Crippen LogP contribution in [0.4, 0.5) is 16.5 Å². The van der Waals surface area contributed by atoms with Gasteiger partial charge in [0, 0.05) is 28.4 Å². The van der Waals surface area contributed by atoms with Crippen LogP contribution in [0.15, 0.2) is 52.9 Å².